The molecule has 0 aliphatic heterocycles. The van der Waals surface area contributed by atoms with Crippen molar-refractivity contribution in [3.63, 3.8) is 0 Å². The standard InChI is InChI=1S/3H2O4S.2H2O/c3*1-5(2,3)4;;/h3*(H2,1,2,3,4);2*1H2. The zero-order chi connectivity index (χ0) is 13.5. The van der Waals surface area contributed by atoms with E-state index in [4.69, 9.17) is 52.6 Å². The first kappa shape index (κ1) is 30.0. The molecule has 0 atom stereocenters. The van der Waals surface area contributed by atoms with E-state index >= 15 is 0 Å². The van der Waals surface area contributed by atoms with E-state index in [-0.39, 0.29) is 11.0 Å². The van der Waals surface area contributed by atoms with Gasteiger partial charge in [-0.25, -0.2) is 0 Å². The van der Waals surface area contributed by atoms with Gasteiger partial charge >= 0.3 is 31.2 Å². The van der Waals surface area contributed by atoms with Gasteiger partial charge in [-0.05, 0) is 0 Å². The molecule has 0 saturated carbocycles. The van der Waals surface area contributed by atoms with E-state index in [2.05, 4.69) is 0 Å². The SMILES string of the molecule is O.O.O=S(=O)(O)O.O=S(=O)(O)O.O=S(=O)(O)O. The van der Waals surface area contributed by atoms with Gasteiger partial charge in [-0.15, -0.1) is 0 Å². The van der Waals surface area contributed by atoms with Crippen molar-refractivity contribution in [3.05, 3.63) is 0 Å². The van der Waals surface area contributed by atoms with Crippen LogP contribution in [0.25, 0.3) is 0 Å². The smallest absolute Gasteiger partial charge is 0.394 e. The molecule has 0 amide bonds. The predicted molar refractivity (Wildman–Crippen MR) is 49.8 cm³/mol. The summed E-state index contributed by atoms with van der Waals surface area (Å²) in [6, 6.07) is 0. The van der Waals surface area contributed by atoms with E-state index in [0.29, 0.717) is 0 Å². The zero-order valence-corrected chi connectivity index (χ0v) is 9.81. The van der Waals surface area contributed by atoms with Crippen molar-refractivity contribution in [1.29, 1.82) is 0 Å². The van der Waals surface area contributed by atoms with Gasteiger partial charge in [0.2, 0.25) is 0 Å². The first-order chi connectivity index (χ1) is 6.00. The normalized spacial score (nSPS) is 10.2. The summed E-state index contributed by atoms with van der Waals surface area (Å²) < 4.78 is 94.8. The highest BCUT2D eigenvalue weighted by Gasteiger charge is 1.85. The van der Waals surface area contributed by atoms with Gasteiger partial charge < -0.3 is 11.0 Å². The summed E-state index contributed by atoms with van der Waals surface area (Å²) in [6.45, 7) is 0. The Bertz CT molecular complexity index is 332. The summed E-state index contributed by atoms with van der Waals surface area (Å²) in [5.74, 6) is 0. The molecule has 112 valence electrons. The number of rotatable bonds is 0. The Labute approximate surface area is 95.2 Å². The molecule has 0 radical (unpaired) electrons. The van der Waals surface area contributed by atoms with Gasteiger partial charge in [0.25, 0.3) is 0 Å². The molecule has 17 heavy (non-hydrogen) atoms. The number of hydrogen-bond acceptors (Lipinski definition) is 6. The second-order valence-corrected chi connectivity index (χ2v) is 4.03. The third kappa shape index (κ3) is 12900. The summed E-state index contributed by atoms with van der Waals surface area (Å²) >= 11 is 0. The van der Waals surface area contributed by atoms with Crippen molar-refractivity contribution in [2.24, 2.45) is 0 Å². The van der Waals surface area contributed by atoms with Crippen LogP contribution in [-0.4, -0.2) is 63.5 Å². The molecule has 0 aromatic rings. The average molecular weight is 330 g/mol. The maximum absolute atomic E-state index is 8.74. The van der Waals surface area contributed by atoms with Crippen LogP contribution in [0.4, 0.5) is 0 Å². The summed E-state index contributed by atoms with van der Waals surface area (Å²) in [5.41, 5.74) is 0. The maximum Gasteiger partial charge on any atom is 0.394 e. The molecule has 0 saturated heterocycles. The van der Waals surface area contributed by atoms with E-state index in [9.17, 15) is 0 Å². The summed E-state index contributed by atoms with van der Waals surface area (Å²) in [5, 5.41) is 0. The molecule has 0 aliphatic rings. The van der Waals surface area contributed by atoms with Crippen LogP contribution in [0.2, 0.25) is 0 Å². The zero-order valence-electron chi connectivity index (χ0n) is 7.36. The fourth-order valence-electron chi connectivity index (χ4n) is 0. The molecule has 14 nitrogen and oxygen atoms in total. The lowest BCUT2D eigenvalue weighted by molar-refractivity contribution is 0.378. The number of hydrogen-bond donors (Lipinski definition) is 6. The van der Waals surface area contributed by atoms with E-state index in [1.165, 1.54) is 0 Å². The fraction of sp³-hybridized carbons (Fsp3) is 0. The van der Waals surface area contributed by atoms with Crippen molar-refractivity contribution in [3.8, 4) is 0 Å². The van der Waals surface area contributed by atoms with Crippen LogP contribution in [0.3, 0.4) is 0 Å². The molecule has 0 aromatic carbocycles. The largest absolute Gasteiger partial charge is 0.412 e. The Hall–Kier alpha value is -0.470. The Kier molecular flexibility index (Phi) is 18.8. The summed E-state index contributed by atoms with van der Waals surface area (Å²) in [4.78, 5) is 0. The lowest BCUT2D eigenvalue weighted by Crippen LogP contribution is -1.89. The third-order valence-corrected chi connectivity index (χ3v) is 0. The van der Waals surface area contributed by atoms with Crippen LogP contribution in [0, 0.1) is 0 Å². The van der Waals surface area contributed by atoms with E-state index in [1.54, 1.807) is 0 Å². The second-order valence-electron chi connectivity index (χ2n) is 1.34. The second kappa shape index (κ2) is 10.7. The minimum Gasteiger partial charge on any atom is -0.412 e. The first-order valence-electron chi connectivity index (χ1n) is 2.10. The van der Waals surface area contributed by atoms with Gasteiger partial charge in [0.1, 0.15) is 0 Å². The Balaban J connectivity index is -0.0000000400. The Morgan fingerprint density at radius 1 is 0.412 bits per heavy atom. The molecule has 10 N–H and O–H groups in total. The maximum atomic E-state index is 8.74. The van der Waals surface area contributed by atoms with Gasteiger partial charge in [0.15, 0.2) is 0 Å². The molecule has 0 heterocycles. The monoisotopic (exact) mass is 330 g/mol. The molecule has 0 rings (SSSR count). The highest BCUT2D eigenvalue weighted by atomic mass is 32.3. The first-order valence-corrected chi connectivity index (χ1v) is 6.29. The molecule has 0 aliphatic carbocycles. The van der Waals surface area contributed by atoms with E-state index in [0.717, 1.165) is 0 Å². The molecule has 0 fully saturated rings. The van der Waals surface area contributed by atoms with Crippen LogP contribution in [0.5, 0.6) is 0 Å². The summed E-state index contributed by atoms with van der Waals surface area (Å²) in [7, 11) is -14.0. The van der Waals surface area contributed by atoms with Gasteiger partial charge in [-0.1, -0.05) is 0 Å². The molecular formula is H10O14S3. The van der Waals surface area contributed by atoms with Crippen molar-refractivity contribution in [1.82, 2.24) is 0 Å². The highest BCUT2D eigenvalue weighted by molar-refractivity contribution is 7.80. The molecule has 17 heteroatoms. The van der Waals surface area contributed by atoms with Crippen LogP contribution in [0.1, 0.15) is 0 Å². The van der Waals surface area contributed by atoms with Gasteiger partial charge in [0.05, 0.1) is 0 Å². The highest BCUT2D eigenvalue weighted by Crippen LogP contribution is 1.60. The van der Waals surface area contributed by atoms with Crippen LogP contribution in [0.15, 0.2) is 0 Å². The van der Waals surface area contributed by atoms with Gasteiger partial charge in [-0.2, -0.15) is 25.3 Å². The van der Waals surface area contributed by atoms with Crippen molar-refractivity contribution in [2.75, 3.05) is 0 Å². The van der Waals surface area contributed by atoms with Crippen LogP contribution in [-0.2, 0) is 31.2 Å². The van der Waals surface area contributed by atoms with Gasteiger partial charge in [0, 0.05) is 0 Å². The average Bonchev–Trinajstić information content (AvgIpc) is 1.41. The molecular weight excluding hydrogens is 320 g/mol. The Morgan fingerprint density at radius 3 is 0.412 bits per heavy atom. The minimum absolute atomic E-state index is 0. The molecule has 0 bridgehead atoms. The minimum atomic E-state index is -4.67. The van der Waals surface area contributed by atoms with Gasteiger partial charge in [-0.3, -0.25) is 27.3 Å². The predicted octanol–water partition coefficient (Wildman–Crippen LogP) is -3.61. The molecule has 0 unspecified atom stereocenters. The quantitative estimate of drug-likeness (QED) is 0.234. The van der Waals surface area contributed by atoms with Crippen LogP contribution < -0.4 is 0 Å². The lowest BCUT2D eigenvalue weighted by atomic mass is 15.8. The fourth-order valence-corrected chi connectivity index (χ4v) is 0. The van der Waals surface area contributed by atoms with E-state index < -0.39 is 31.2 Å². The molecule has 0 spiro atoms. The van der Waals surface area contributed by atoms with E-state index in [1.807, 2.05) is 0 Å². The van der Waals surface area contributed by atoms with Crippen molar-refractivity contribution in [2.45, 2.75) is 0 Å². The summed E-state index contributed by atoms with van der Waals surface area (Å²) in [6.07, 6.45) is 0. The molecule has 0 aromatic heterocycles. The van der Waals surface area contributed by atoms with Crippen molar-refractivity contribution >= 4 is 31.2 Å². The van der Waals surface area contributed by atoms with Crippen molar-refractivity contribution < 1.29 is 63.5 Å². The Morgan fingerprint density at radius 2 is 0.412 bits per heavy atom. The van der Waals surface area contributed by atoms with Crippen LogP contribution >= 0.6 is 0 Å². The topological polar surface area (TPSA) is 287 Å². The third-order valence-electron chi connectivity index (χ3n) is 0. The lowest BCUT2D eigenvalue weighted by Gasteiger charge is -1.68.